The van der Waals surface area contributed by atoms with Crippen molar-refractivity contribution in [3.8, 4) is 11.5 Å². The van der Waals surface area contributed by atoms with E-state index in [0.717, 1.165) is 48.8 Å². The van der Waals surface area contributed by atoms with Crippen LogP contribution in [0.1, 0.15) is 25.7 Å². The largest absolute Gasteiger partial charge is 0.497 e. The summed E-state index contributed by atoms with van der Waals surface area (Å²) in [6, 6.07) is 7.79. The van der Waals surface area contributed by atoms with Gasteiger partial charge >= 0.3 is 0 Å². The van der Waals surface area contributed by atoms with Gasteiger partial charge in [0.1, 0.15) is 11.5 Å². The maximum Gasteiger partial charge on any atom is 0.119 e. The molecule has 2 fully saturated rings. The van der Waals surface area contributed by atoms with E-state index in [1.165, 1.54) is 12.8 Å². The van der Waals surface area contributed by atoms with Gasteiger partial charge in [-0.3, -0.25) is 0 Å². The zero-order chi connectivity index (χ0) is 14.7. The minimum absolute atomic E-state index is 0.258. The van der Waals surface area contributed by atoms with Crippen molar-refractivity contribution in [2.45, 2.75) is 31.8 Å². The lowest BCUT2D eigenvalue weighted by Gasteiger charge is -2.32. The van der Waals surface area contributed by atoms with Crippen LogP contribution in [0.25, 0.3) is 0 Å². The molecule has 1 aliphatic heterocycles. The summed E-state index contributed by atoms with van der Waals surface area (Å²) in [6.07, 6.45) is 5.28. The van der Waals surface area contributed by atoms with E-state index in [0.29, 0.717) is 6.10 Å². The molecule has 0 N–H and O–H groups in total. The van der Waals surface area contributed by atoms with Crippen LogP contribution in [0.4, 0.5) is 0 Å². The maximum atomic E-state index is 6.01. The minimum atomic E-state index is 0.258. The van der Waals surface area contributed by atoms with Gasteiger partial charge in [-0.05, 0) is 55.9 Å². The molecule has 2 unspecified atom stereocenters. The van der Waals surface area contributed by atoms with Gasteiger partial charge in [0.2, 0.25) is 0 Å². The lowest BCUT2D eigenvalue weighted by atomic mass is 9.78. The van der Waals surface area contributed by atoms with Crippen LogP contribution < -0.4 is 9.47 Å². The summed E-state index contributed by atoms with van der Waals surface area (Å²) < 4.78 is 17.1. The highest BCUT2D eigenvalue weighted by atomic mass is 79.9. The predicted molar refractivity (Wildman–Crippen MR) is 86.4 cm³/mol. The molecule has 1 aliphatic carbocycles. The van der Waals surface area contributed by atoms with Crippen molar-refractivity contribution >= 4 is 15.9 Å². The molecular weight excluding hydrogens is 332 g/mol. The van der Waals surface area contributed by atoms with Gasteiger partial charge in [0.25, 0.3) is 0 Å². The fraction of sp³-hybridized carbons (Fsp3) is 0.647. The predicted octanol–water partition coefficient (Wildman–Crippen LogP) is 4.04. The summed E-state index contributed by atoms with van der Waals surface area (Å²) in [5.74, 6) is 2.55. The SMILES string of the molecule is COc1ccc(OCCC2(CBr)CCOC2C2CC2)cc1. The summed E-state index contributed by atoms with van der Waals surface area (Å²) >= 11 is 3.72. The van der Waals surface area contributed by atoms with Crippen molar-refractivity contribution in [2.24, 2.45) is 11.3 Å². The Morgan fingerprint density at radius 3 is 2.57 bits per heavy atom. The van der Waals surface area contributed by atoms with Gasteiger partial charge in [0, 0.05) is 17.4 Å². The maximum absolute atomic E-state index is 6.01. The van der Waals surface area contributed by atoms with E-state index >= 15 is 0 Å². The molecule has 0 spiro atoms. The highest BCUT2D eigenvalue weighted by molar-refractivity contribution is 9.09. The molecule has 3 rings (SSSR count). The molecule has 0 radical (unpaired) electrons. The van der Waals surface area contributed by atoms with Crippen molar-refractivity contribution in [1.29, 1.82) is 0 Å². The first-order valence-corrected chi connectivity index (χ1v) is 8.84. The fourth-order valence-corrected chi connectivity index (χ4v) is 4.14. The van der Waals surface area contributed by atoms with Gasteiger partial charge in [0.15, 0.2) is 0 Å². The molecule has 0 aromatic heterocycles. The average molecular weight is 355 g/mol. The molecular formula is C17H23BrO3. The fourth-order valence-electron chi connectivity index (χ4n) is 3.26. The summed E-state index contributed by atoms with van der Waals surface area (Å²) in [5.41, 5.74) is 0.258. The van der Waals surface area contributed by atoms with Crippen LogP contribution in [0.2, 0.25) is 0 Å². The van der Waals surface area contributed by atoms with Crippen LogP contribution in [-0.2, 0) is 4.74 Å². The zero-order valence-corrected chi connectivity index (χ0v) is 14.1. The number of alkyl halides is 1. The smallest absolute Gasteiger partial charge is 0.119 e. The molecule has 0 bridgehead atoms. The van der Waals surface area contributed by atoms with Gasteiger partial charge in [-0.2, -0.15) is 0 Å². The van der Waals surface area contributed by atoms with E-state index < -0.39 is 0 Å². The standard InChI is InChI=1S/C17H23BrO3/c1-19-14-4-6-15(7-5-14)20-10-8-17(12-18)9-11-21-16(17)13-2-3-13/h4-7,13,16H,2-3,8-12H2,1H3. The Hall–Kier alpha value is -0.740. The minimum Gasteiger partial charge on any atom is -0.497 e. The first kappa shape index (κ1) is 15.2. The van der Waals surface area contributed by atoms with Gasteiger partial charge in [-0.25, -0.2) is 0 Å². The molecule has 1 saturated carbocycles. The molecule has 3 nitrogen and oxygen atoms in total. The first-order valence-electron chi connectivity index (χ1n) is 7.72. The highest BCUT2D eigenvalue weighted by Crippen LogP contribution is 2.50. The van der Waals surface area contributed by atoms with E-state index in [1.807, 2.05) is 24.3 Å². The van der Waals surface area contributed by atoms with Crippen LogP contribution >= 0.6 is 15.9 Å². The molecule has 0 amide bonds. The number of ether oxygens (including phenoxy) is 3. The molecule has 1 saturated heterocycles. The van der Waals surface area contributed by atoms with Gasteiger partial charge in [-0.1, -0.05) is 15.9 Å². The van der Waals surface area contributed by atoms with Crippen molar-refractivity contribution in [2.75, 3.05) is 25.7 Å². The van der Waals surface area contributed by atoms with E-state index in [2.05, 4.69) is 15.9 Å². The number of benzene rings is 1. The zero-order valence-electron chi connectivity index (χ0n) is 12.5. The molecule has 1 aromatic rings. The molecule has 2 aliphatic rings. The normalized spacial score (nSPS) is 28.6. The van der Waals surface area contributed by atoms with E-state index in [9.17, 15) is 0 Å². The summed E-state index contributed by atoms with van der Waals surface area (Å²) in [6.45, 7) is 1.64. The van der Waals surface area contributed by atoms with Crippen LogP contribution in [0, 0.1) is 11.3 Å². The highest BCUT2D eigenvalue weighted by Gasteiger charge is 2.50. The monoisotopic (exact) mass is 354 g/mol. The Bertz CT molecular complexity index is 458. The quantitative estimate of drug-likeness (QED) is 0.691. The summed E-state index contributed by atoms with van der Waals surface area (Å²) in [7, 11) is 1.67. The Balaban J connectivity index is 1.55. The van der Waals surface area contributed by atoms with Crippen molar-refractivity contribution < 1.29 is 14.2 Å². The van der Waals surface area contributed by atoms with Crippen molar-refractivity contribution in [3.63, 3.8) is 0 Å². The second-order valence-corrected chi connectivity index (χ2v) is 6.71. The number of hydrogen-bond donors (Lipinski definition) is 0. The molecule has 4 heteroatoms. The van der Waals surface area contributed by atoms with Gasteiger partial charge < -0.3 is 14.2 Å². The molecule has 116 valence electrons. The van der Waals surface area contributed by atoms with Gasteiger partial charge in [0.05, 0.1) is 19.8 Å². The third-order valence-electron chi connectivity index (χ3n) is 4.75. The van der Waals surface area contributed by atoms with Crippen LogP contribution in [-0.4, -0.2) is 31.8 Å². The molecule has 2 atom stereocenters. The Labute approximate surface area is 135 Å². The molecule has 21 heavy (non-hydrogen) atoms. The molecule has 1 heterocycles. The Kier molecular flexibility index (Phi) is 4.75. The second kappa shape index (κ2) is 6.57. The van der Waals surface area contributed by atoms with E-state index in [-0.39, 0.29) is 5.41 Å². The first-order chi connectivity index (χ1) is 10.3. The van der Waals surface area contributed by atoms with Crippen molar-refractivity contribution in [3.05, 3.63) is 24.3 Å². The number of methoxy groups -OCH3 is 1. The summed E-state index contributed by atoms with van der Waals surface area (Å²) in [4.78, 5) is 0. The third-order valence-corrected chi connectivity index (χ3v) is 5.86. The average Bonchev–Trinajstić information content (AvgIpc) is 3.29. The number of hydrogen-bond acceptors (Lipinski definition) is 3. The Morgan fingerprint density at radius 1 is 1.24 bits per heavy atom. The third kappa shape index (κ3) is 3.37. The topological polar surface area (TPSA) is 27.7 Å². The summed E-state index contributed by atoms with van der Waals surface area (Å²) in [5, 5.41) is 1.01. The second-order valence-electron chi connectivity index (χ2n) is 6.15. The number of halogens is 1. The molecule has 1 aromatic carbocycles. The lowest BCUT2D eigenvalue weighted by Crippen LogP contribution is -2.36. The van der Waals surface area contributed by atoms with Crippen molar-refractivity contribution in [1.82, 2.24) is 0 Å². The van der Waals surface area contributed by atoms with E-state index in [1.54, 1.807) is 7.11 Å². The van der Waals surface area contributed by atoms with E-state index in [4.69, 9.17) is 14.2 Å². The lowest BCUT2D eigenvalue weighted by molar-refractivity contribution is 0.0318. The Morgan fingerprint density at radius 2 is 1.95 bits per heavy atom. The van der Waals surface area contributed by atoms with Crippen LogP contribution in [0.5, 0.6) is 11.5 Å². The van der Waals surface area contributed by atoms with Gasteiger partial charge in [-0.15, -0.1) is 0 Å². The van der Waals surface area contributed by atoms with Crippen LogP contribution in [0.15, 0.2) is 24.3 Å². The number of rotatable bonds is 7. The van der Waals surface area contributed by atoms with Crippen LogP contribution in [0.3, 0.4) is 0 Å².